The van der Waals surface area contributed by atoms with Crippen LogP contribution in [0.3, 0.4) is 0 Å². The van der Waals surface area contributed by atoms with Crippen LogP contribution >= 0.6 is 11.6 Å². The van der Waals surface area contributed by atoms with E-state index in [0.717, 1.165) is 6.07 Å². The van der Waals surface area contributed by atoms with E-state index >= 15 is 0 Å². The van der Waals surface area contributed by atoms with Gasteiger partial charge in [0, 0.05) is 29.9 Å². The molecule has 0 saturated carbocycles. The molecule has 146 valence electrons. The minimum Gasteiger partial charge on any atom is -0.503 e. The van der Waals surface area contributed by atoms with Crippen LogP contribution in [0.1, 0.15) is 30.0 Å². The van der Waals surface area contributed by atoms with Crippen molar-refractivity contribution in [2.45, 2.75) is 31.3 Å². The molecule has 0 atom stereocenters. The van der Waals surface area contributed by atoms with Gasteiger partial charge >= 0.3 is 0 Å². The molecule has 1 amide bonds. The van der Waals surface area contributed by atoms with Gasteiger partial charge in [0.15, 0.2) is 11.4 Å². The van der Waals surface area contributed by atoms with Gasteiger partial charge in [0.2, 0.25) is 15.5 Å². The van der Waals surface area contributed by atoms with Gasteiger partial charge in [-0.05, 0) is 38.1 Å². The number of nitrogens with one attached hydrogen (secondary N) is 2. The molecule has 0 saturated heterocycles. The third kappa shape index (κ3) is 4.88. The lowest BCUT2D eigenvalue weighted by Gasteiger charge is -2.17. The van der Waals surface area contributed by atoms with Crippen LogP contribution in [-0.2, 0) is 23.6 Å². The van der Waals surface area contributed by atoms with E-state index in [2.05, 4.69) is 10.0 Å². The zero-order valence-corrected chi connectivity index (χ0v) is 16.6. The lowest BCUT2D eigenvalue weighted by atomic mass is 10.2. The van der Waals surface area contributed by atoms with E-state index in [0.29, 0.717) is 5.02 Å². The summed E-state index contributed by atoms with van der Waals surface area (Å²) in [7, 11) is -2.40. The lowest BCUT2D eigenvalue weighted by Crippen LogP contribution is -2.34. The molecular formula is C17H20ClN3O5S. The van der Waals surface area contributed by atoms with E-state index in [1.165, 1.54) is 35.9 Å². The van der Waals surface area contributed by atoms with Gasteiger partial charge in [-0.25, -0.2) is 13.1 Å². The molecule has 1 heterocycles. The van der Waals surface area contributed by atoms with Crippen molar-refractivity contribution in [1.82, 2.24) is 14.6 Å². The molecule has 10 heteroatoms. The summed E-state index contributed by atoms with van der Waals surface area (Å²) in [5.41, 5.74) is -0.802. The summed E-state index contributed by atoms with van der Waals surface area (Å²) in [5, 5.41) is 13.0. The second-order valence-corrected chi connectivity index (χ2v) is 8.37. The quantitative estimate of drug-likeness (QED) is 0.661. The monoisotopic (exact) mass is 413 g/mol. The van der Waals surface area contributed by atoms with Crippen LogP contribution in [0, 0.1) is 0 Å². The standard InChI is InChI=1S/C17H20ClN3O5S/c1-10(2)20-17(24)15-16(23)14(22)8-12(21(15)3)9-19-27(25,26)13-6-4-11(18)5-7-13/h4-8,10,19,23H,9H2,1-3H3,(H,20,24). The summed E-state index contributed by atoms with van der Waals surface area (Å²) in [6.45, 7) is 3.22. The number of aromatic hydroxyl groups is 1. The second kappa shape index (κ2) is 8.12. The van der Waals surface area contributed by atoms with Crippen LogP contribution in [0.15, 0.2) is 40.0 Å². The minimum absolute atomic E-state index is 0.00783. The minimum atomic E-state index is -3.85. The summed E-state index contributed by atoms with van der Waals surface area (Å²) in [6, 6.07) is 6.45. The highest BCUT2D eigenvalue weighted by Gasteiger charge is 2.21. The Labute approximate surface area is 161 Å². The van der Waals surface area contributed by atoms with E-state index in [4.69, 9.17) is 11.6 Å². The number of pyridine rings is 1. The maximum absolute atomic E-state index is 12.4. The zero-order valence-electron chi connectivity index (χ0n) is 15.0. The molecule has 3 N–H and O–H groups in total. The molecule has 0 aliphatic rings. The smallest absolute Gasteiger partial charge is 0.272 e. The van der Waals surface area contributed by atoms with Gasteiger partial charge in [-0.15, -0.1) is 0 Å². The highest BCUT2D eigenvalue weighted by Crippen LogP contribution is 2.16. The molecule has 0 fully saturated rings. The van der Waals surface area contributed by atoms with E-state index in [1.54, 1.807) is 13.8 Å². The number of nitrogens with zero attached hydrogens (tertiary/aromatic N) is 1. The van der Waals surface area contributed by atoms with Crippen molar-refractivity contribution in [1.29, 1.82) is 0 Å². The van der Waals surface area contributed by atoms with Crippen molar-refractivity contribution in [3.8, 4) is 5.75 Å². The van der Waals surface area contributed by atoms with Gasteiger partial charge < -0.3 is 15.0 Å². The Morgan fingerprint density at radius 1 is 1.26 bits per heavy atom. The molecule has 0 unspecified atom stereocenters. The number of rotatable bonds is 6. The second-order valence-electron chi connectivity index (χ2n) is 6.16. The average Bonchev–Trinajstić information content (AvgIpc) is 2.57. The fraction of sp³-hybridized carbons (Fsp3) is 0.294. The molecule has 2 rings (SSSR count). The number of halogens is 1. The molecule has 1 aromatic heterocycles. The molecular weight excluding hydrogens is 394 g/mol. The Morgan fingerprint density at radius 2 is 1.85 bits per heavy atom. The Balaban J connectivity index is 2.34. The van der Waals surface area contributed by atoms with E-state index in [9.17, 15) is 23.1 Å². The van der Waals surface area contributed by atoms with Crippen LogP contribution in [0.4, 0.5) is 0 Å². The Hall–Kier alpha value is -2.36. The molecule has 0 bridgehead atoms. The van der Waals surface area contributed by atoms with Crippen molar-refractivity contribution in [2.24, 2.45) is 7.05 Å². The molecule has 27 heavy (non-hydrogen) atoms. The van der Waals surface area contributed by atoms with Crippen molar-refractivity contribution < 1.29 is 18.3 Å². The zero-order chi connectivity index (χ0) is 20.4. The van der Waals surface area contributed by atoms with E-state index in [-0.39, 0.29) is 28.9 Å². The first-order valence-corrected chi connectivity index (χ1v) is 9.87. The number of hydrogen-bond acceptors (Lipinski definition) is 5. The summed E-state index contributed by atoms with van der Waals surface area (Å²) in [5.74, 6) is -1.33. The van der Waals surface area contributed by atoms with Crippen LogP contribution in [0.25, 0.3) is 0 Å². The predicted molar refractivity (Wildman–Crippen MR) is 101 cm³/mol. The SMILES string of the molecule is CC(C)NC(=O)c1c(O)c(=O)cc(CNS(=O)(=O)c2ccc(Cl)cc2)n1C. The lowest BCUT2D eigenvalue weighted by molar-refractivity contribution is 0.0930. The van der Waals surface area contributed by atoms with Crippen LogP contribution in [0.2, 0.25) is 5.02 Å². The number of carbonyl (C=O) groups is 1. The highest BCUT2D eigenvalue weighted by molar-refractivity contribution is 7.89. The fourth-order valence-corrected chi connectivity index (χ4v) is 3.49. The molecule has 1 aromatic carbocycles. The van der Waals surface area contributed by atoms with Crippen LogP contribution in [-0.4, -0.2) is 30.0 Å². The summed E-state index contributed by atoms with van der Waals surface area (Å²) in [6.07, 6.45) is 0. The summed E-state index contributed by atoms with van der Waals surface area (Å²) in [4.78, 5) is 24.3. The Bertz CT molecular complexity index is 1010. The maximum Gasteiger partial charge on any atom is 0.272 e. The van der Waals surface area contributed by atoms with E-state index in [1.807, 2.05) is 0 Å². The Kier molecular flexibility index (Phi) is 6.30. The number of carbonyl (C=O) groups excluding carboxylic acids is 1. The first kappa shape index (κ1) is 20.9. The number of benzene rings is 1. The largest absolute Gasteiger partial charge is 0.503 e. The van der Waals surface area contributed by atoms with Crippen molar-refractivity contribution in [3.63, 3.8) is 0 Å². The van der Waals surface area contributed by atoms with Crippen molar-refractivity contribution in [3.05, 3.63) is 57.0 Å². The van der Waals surface area contributed by atoms with Gasteiger partial charge in [-0.3, -0.25) is 9.59 Å². The van der Waals surface area contributed by atoms with Gasteiger partial charge in [-0.2, -0.15) is 0 Å². The van der Waals surface area contributed by atoms with Crippen molar-refractivity contribution in [2.75, 3.05) is 0 Å². The maximum atomic E-state index is 12.4. The van der Waals surface area contributed by atoms with Crippen molar-refractivity contribution >= 4 is 27.5 Å². The van der Waals surface area contributed by atoms with Crippen LogP contribution in [0.5, 0.6) is 5.75 Å². The summed E-state index contributed by atoms with van der Waals surface area (Å²) < 4.78 is 28.4. The first-order chi connectivity index (χ1) is 12.5. The number of aromatic nitrogens is 1. The average molecular weight is 414 g/mol. The molecule has 2 aromatic rings. The number of amides is 1. The number of hydrogen-bond donors (Lipinski definition) is 3. The van der Waals surface area contributed by atoms with Gasteiger partial charge in [0.05, 0.1) is 11.4 Å². The van der Waals surface area contributed by atoms with E-state index < -0.39 is 27.1 Å². The van der Waals surface area contributed by atoms with Crippen LogP contribution < -0.4 is 15.5 Å². The van der Waals surface area contributed by atoms with Gasteiger partial charge in [-0.1, -0.05) is 11.6 Å². The van der Waals surface area contributed by atoms with Gasteiger partial charge in [0.25, 0.3) is 5.91 Å². The molecule has 0 aliphatic heterocycles. The normalized spacial score (nSPS) is 11.6. The molecule has 0 radical (unpaired) electrons. The number of sulfonamides is 1. The summed E-state index contributed by atoms with van der Waals surface area (Å²) >= 11 is 5.76. The molecule has 8 nitrogen and oxygen atoms in total. The molecule has 0 spiro atoms. The third-order valence-electron chi connectivity index (χ3n) is 3.72. The predicted octanol–water partition coefficient (Wildman–Crippen LogP) is 1.36. The highest BCUT2D eigenvalue weighted by atomic mass is 35.5. The topological polar surface area (TPSA) is 118 Å². The Morgan fingerprint density at radius 3 is 2.41 bits per heavy atom. The third-order valence-corrected chi connectivity index (χ3v) is 5.39. The fourth-order valence-electron chi connectivity index (χ4n) is 2.36. The first-order valence-electron chi connectivity index (χ1n) is 8.01. The van der Waals surface area contributed by atoms with Gasteiger partial charge in [0.1, 0.15) is 0 Å². The molecule has 0 aliphatic carbocycles.